The predicted octanol–water partition coefficient (Wildman–Crippen LogP) is 15.3. The summed E-state index contributed by atoms with van der Waals surface area (Å²) in [5, 5.41) is 0. The second-order valence-electron chi connectivity index (χ2n) is 18.0. The molecule has 0 spiro atoms. The van der Waals surface area contributed by atoms with Gasteiger partial charge in [0.1, 0.15) is 0 Å². The Morgan fingerprint density at radius 2 is 0.821 bits per heavy atom. The maximum Gasteiger partial charge on any atom is -0.147 e. The molecule has 0 aliphatic heterocycles. The van der Waals surface area contributed by atoms with E-state index in [4.69, 9.17) is 0 Å². The van der Waals surface area contributed by atoms with Gasteiger partial charge in [0.05, 0.1) is 0 Å². The molecule has 6 aromatic rings. The first kappa shape index (κ1) is 43.0. The fourth-order valence-corrected chi connectivity index (χ4v) is 31.1. The van der Waals surface area contributed by atoms with Crippen molar-refractivity contribution in [1.82, 2.24) is 0 Å². The molecular formula is C50H56Cl2S2SiZr. The van der Waals surface area contributed by atoms with Crippen molar-refractivity contribution >= 4 is 77.7 Å². The number of rotatable bonds is 6. The number of hydrogen-bond acceptors (Lipinski definition) is 2. The van der Waals surface area contributed by atoms with Gasteiger partial charge in [0.2, 0.25) is 0 Å². The van der Waals surface area contributed by atoms with E-state index in [0.717, 1.165) is 0 Å². The van der Waals surface area contributed by atoms with Crippen LogP contribution in [0.25, 0.3) is 45.6 Å². The number of fused-ring (bicyclic) bond motifs is 2. The van der Waals surface area contributed by atoms with Gasteiger partial charge < -0.3 is 0 Å². The van der Waals surface area contributed by atoms with E-state index in [0.29, 0.717) is 7.25 Å². The van der Waals surface area contributed by atoms with Crippen molar-refractivity contribution < 1.29 is 17.4 Å². The summed E-state index contributed by atoms with van der Waals surface area (Å²) < 4.78 is 6.38. The Bertz CT molecular complexity index is 2490. The van der Waals surface area contributed by atoms with E-state index in [-0.39, 0.29) is 24.8 Å². The van der Waals surface area contributed by atoms with Gasteiger partial charge >= 0.3 is 337 Å². The molecule has 2 aliphatic rings. The maximum absolute atomic E-state index is 4.11. The molecule has 0 saturated heterocycles. The molecule has 2 atom stereocenters. The van der Waals surface area contributed by atoms with Gasteiger partial charge in [-0.3, -0.25) is 0 Å². The van der Waals surface area contributed by atoms with E-state index in [2.05, 4.69) is 170 Å². The molecular weight excluding hydrogens is 855 g/mol. The zero-order chi connectivity index (χ0) is 38.6. The number of halogens is 2. The number of thiophene rings is 2. The van der Waals surface area contributed by atoms with Gasteiger partial charge in [0, 0.05) is 0 Å². The molecule has 8 rings (SSSR count). The van der Waals surface area contributed by atoms with Gasteiger partial charge in [-0.15, -0.1) is 24.8 Å². The summed E-state index contributed by atoms with van der Waals surface area (Å²) in [4.78, 5) is 5.65. The van der Waals surface area contributed by atoms with Gasteiger partial charge in [-0.2, -0.15) is 0 Å². The van der Waals surface area contributed by atoms with Gasteiger partial charge in [-0.25, -0.2) is 0 Å². The van der Waals surface area contributed by atoms with E-state index in [1.165, 1.54) is 97.4 Å². The molecule has 4 aromatic carbocycles. The summed E-state index contributed by atoms with van der Waals surface area (Å²) in [6.45, 7) is 25.4. The summed E-state index contributed by atoms with van der Waals surface area (Å²) in [5.74, 6) is 0. The Hall–Kier alpha value is -2.56. The van der Waals surface area contributed by atoms with Crippen LogP contribution in [0.15, 0.2) is 72.8 Å². The second kappa shape index (κ2) is 15.2. The Balaban J connectivity index is 0.00000266. The molecule has 0 bridgehead atoms. The molecule has 290 valence electrons. The Kier molecular flexibility index (Phi) is 11.7. The van der Waals surface area contributed by atoms with E-state index in [9.17, 15) is 0 Å². The molecule has 0 amide bonds. The van der Waals surface area contributed by atoms with Crippen LogP contribution in [-0.4, -0.2) is 6.88 Å². The van der Waals surface area contributed by atoms with Crippen LogP contribution in [0.3, 0.4) is 0 Å². The number of benzene rings is 4. The van der Waals surface area contributed by atoms with Gasteiger partial charge in [0.25, 0.3) is 0 Å². The average Bonchev–Trinajstić information content (AvgIpc) is 3.86. The molecule has 0 saturated carbocycles. The van der Waals surface area contributed by atoms with Gasteiger partial charge in [0.15, 0.2) is 0 Å². The van der Waals surface area contributed by atoms with E-state index >= 15 is 0 Å². The fraction of sp³-hybridized carbons (Fsp3) is 0.280. The molecule has 6 heteroatoms. The van der Waals surface area contributed by atoms with Crippen molar-refractivity contribution in [3.05, 3.63) is 159 Å². The molecule has 0 radical (unpaired) electrons. The topological polar surface area (TPSA) is 0 Å². The van der Waals surface area contributed by atoms with Crippen LogP contribution in [0.1, 0.15) is 93.5 Å². The largest absolute Gasteiger partial charge is 0.147 e. The monoisotopic (exact) mass is 908 g/mol. The van der Waals surface area contributed by atoms with E-state index < -0.39 is 17.4 Å². The van der Waals surface area contributed by atoms with Gasteiger partial charge in [-0.1, -0.05) is 0 Å². The molecule has 0 fully saturated rings. The number of hydrogen-bond donors (Lipinski definition) is 0. The smallest absolute Gasteiger partial charge is 0.147 e. The van der Waals surface area contributed by atoms with Crippen LogP contribution in [0.5, 0.6) is 0 Å². The SMILES string of the molecule is Cc1cc(C)cc(-c2c(C)c(C)cc3c2C=C(c2ccc(C)s2)[CH]3[Zr]([CH3])([CH3])(=[SiH2])[CH]2C(c3ccc(C)s3)=Cc3c2cc(C)c(C)c3-c2cc(C)cc(C)c2)c1.Cl.Cl. The predicted molar refractivity (Wildman–Crippen MR) is 256 cm³/mol. The molecule has 56 heavy (non-hydrogen) atoms. The summed E-state index contributed by atoms with van der Waals surface area (Å²) in [6.07, 6.45) is 5.30. The first-order chi connectivity index (χ1) is 25.4. The Labute approximate surface area is 358 Å². The molecule has 2 aromatic heterocycles. The normalized spacial score (nSPS) is 16.2. The molecule has 0 nitrogen and oxygen atoms in total. The van der Waals surface area contributed by atoms with Crippen molar-refractivity contribution in [1.29, 1.82) is 0 Å². The van der Waals surface area contributed by atoms with Crippen LogP contribution in [0, 0.1) is 69.2 Å². The van der Waals surface area contributed by atoms with Crippen molar-refractivity contribution in [3.8, 4) is 22.3 Å². The summed E-state index contributed by atoms with van der Waals surface area (Å²) in [7, 11) is 0. The maximum atomic E-state index is 2.82. The van der Waals surface area contributed by atoms with Crippen molar-refractivity contribution in [2.75, 3.05) is 0 Å². The zero-order valence-electron chi connectivity index (χ0n) is 35.1. The third-order valence-corrected chi connectivity index (χ3v) is 32.0. The molecule has 2 unspecified atom stereocenters. The van der Waals surface area contributed by atoms with Crippen LogP contribution >= 0.6 is 47.5 Å². The first-order valence-electron chi connectivity index (χ1n) is 19.5. The van der Waals surface area contributed by atoms with Crippen LogP contribution in [0.4, 0.5) is 0 Å². The van der Waals surface area contributed by atoms with Crippen LogP contribution in [-0.2, 0) is 17.4 Å². The quantitative estimate of drug-likeness (QED) is 0.146. The summed E-state index contributed by atoms with van der Waals surface area (Å²) >= 11 is -0.146. The minimum absolute atomic E-state index is 0. The van der Waals surface area contributed by atoms with Crippen molar-refractivity contribution in [2.24, 2.45) is 0 Å². The minimum atomic E-state index is -4.11. The van der Waals surface area contributed by atoms with E-state index in [1.54, 1.807) is 22.3 Å². The van der Waals surface area contributed by atoms with Crippen LogP contribution < -0.4 is 0 Å². The van der Waals surface area contributed by atoms with E-state index in [1.807, 2.05) is 22.7 Å². The number of allylic oxidation sites excluding steroid dienone is 2. The second-order valence-corrected chi connectivity index (χ2v) is 51.0. The summed E-state index contributed by atoms with van der Waals surface area (Å²) in [6, 6.07) is 29.0. The van der Waals surface area contributed by atoms with Crippen molar-refractivity contribution in [3.63, 3.8) is 0 Å². The first-order valence-corrected chi connectivity index (χ1v) is 34.8. The Morgan fingerprint density at radius 1 is 0.482 bits per heavy atom. The summed E-state index contributed by atoms with van der Waals surface area (Å²) in [5.41, 5.74) is 25.6. The van der Waals surface area contributed by atoms with Crippen LogP contribution in [0.2, 0.25) is 9.26 Å². The number of aryl methyl sites for hydroxylation is 8. The third-order valence-electron chi connectivity index (χ3n) is 12.6. The molecule has 2 heterocycles. The molecule has 0 N–H and O–H groups in total. The third kappa shape index (κ3) is 7.13. The fourth-order valence-electron chi connectivity index (χ4n) is 10.3. The average molecular weight is 911 g/mol. The van der Waals surface area contributed by atoms with Crippen molar-refractivity contribution in [2.45, 2.75) is 85.8 Å². The Morgan fingerprint density at radius 3 is 1.12 bits per heavy atom. The zero-order valence-corrected chi connectivity index (χ0v) is 42.2. The molecule has 2 aliphatic carbocycles. The minimum Gasteiger partial charge on any atom is -0.147 e. The van der Waals surface area contributed by atoms with Gasteiger partial charge in [-0.05, 0) is 0 Å². The standard InChI is InChI=1S/2C24H23S.2CH3.2ClH.H2Si.Zr/c2*1-14-8-15(2)10-21(9-14)24-18(5)16(3)11-19-12-20(13-22(19)24)23-7-6-17(4)25-23;;;;;;/h2*6-13H,1-5H3;2*1H3;2*1H;1H2;.